The summed E-state index contributed by atoms with van der Waals surface area (Å²) in [5.41, 5.74) is 10.1. The highest BCUT2D eigenvalue weighted by atomic mass is 35.5. The van der Waals surface area contributed by atoms with Gasteiger partial charge < -0.3 is 11.1 Å². The van der Waals surface area contributed by atoms with Gasteiger partial charge in [-0.05, 0) is 38.8 Å². The molecule has 2 aromatic rings. The molecule has 6 heteroatoms. The maximum absolute atomic E-state index is 12.1. The van der Waals surface area contributed by atoms with Gasteiger partial charge in [0.1, 0.15) is 6.04 Å². The Morgan fingerprint density at radius 3 is 2.48 bits per heavy atom. The number of hydrogen-bond donors (Lipinski definition) is 2. The Morgan fingerprint density at radius 2 is 1.91 bits per heavy atom. The number of nitrogens with one attached hydrogen (secondary N) is 1. The van der Waals surface area contributed by atoms with Gasteiger partial charge in [0.2, 0.25) is 5.91 Å². The summed E-state index contributed by atoms with van der Waals surface area (Å²) in [6.07, 6.45) is 0.828. The van der Waals surface area contributed by atoms with Crippen molar-refractivity contribution in [2.45, 2.75) is 39.8 Å². The Kier molecular flexibility index (Phi) is 7.26. The van der Waals surface area contributed by atoms with Crippen molar-refractivity contribution >= 4 is 18.3 Å². The number of amides is 1. The van der Waals surface area contributed by atoms with Gasteiger partial charge in [-0.15, -0.1) is 12.4 Å². The van der Waals surface area contributed by atoms with E-state index in [0.29, 0.717) is 6.54 Å². The number of carbonyl (C=O) groups excluding carboxylic acids is 1. The first-order chi connectivity index (χ1) is 10.5. The molecule has 126 valence electrons. The number of halogens is 1. The van der Waals surface area contributed by atoms with Crippen LogP contribution >= 0.6 is 12.4 Å². The Labute approximate surface area is 143 Å². The molecule has 0 bridgehead atoms. The Morgan fingerprint density at radius 1 is 1.26 bits per heavy atom. The molecular formula is C17H25ClN4O. The average Bonchev–Trinajstić information content (AvgIpc) is 2.81. The first-order valence-electron chi connectivity index (χ1n) is 7.58. The fourth-order valence-electron chi connectivity index (χ4n) is 2.38. The minimum Gasteiger partial charge on any atom is -0.354 e. The highest BCUT2D eigenvalue weighted by Gasteiger charge is 2.14. The lowest BCUT2D eigenvalue weighted by Crippen LogP contribution is -2.35. The number of benzene rings is 1. The van der Waals surface area contributed by atoms with Crippen molar-refractivity contribution in [1.82, 2.24) is 15.1 Å². The molecule has 5 nitrogen and oxygen atoms in total. The van der Waals surface area contributed by atoms with Crippen molar-refractivity contribution in [1.29, 1.82) is 0 Å². The van der Waals surface area contributed by atoms with E-state index in [4.69, 9.17) is 5.73 Å². The largest absolute Gasteiger partial charge is 0.354 e. The minimum absolute atomic E-state index is 0. The summed E-state index contributed by atoms with van der Waals surface area (Å²) in [4.78, 5) is 12.1. The summed E-state index contributed by atoms with van der Waals surface area (Å²) in [5, 5.41) is 7.28. The van der Waals surface area contributed by atoms with Crippen molar-refractivity contribution in [3.63, 3.8) is 0 Å². The maximum Gasteiger partial charge on any atom is 0.241 e. The van der Waals surface area contributed by atoms with Gasteiger partial charge in [0.05, 0.1) is 5.69 Å². The summed E-state index contributed by atoms with van der Waals surface area (Å²) in [5.74, 6) is -0.141. The fraction of sp³-hybridized carbons (Fsp3) is 0.412. The van der Waals surface area contributed by atoms with Crippen LogP contribution in [0.5, 0.6) is 0 Å². The zero-order chi connectivity index (χ0) is 16.1. The van der Waals surface area contributed by atoms with Crippen LogP contribution in [0.3, 0.4) is 0 Å². The zero-order valence-electron chi connectivity index (χ0n) is 13.9. The van der Waals surface area contributed by atoms with E-state index in [1.807, 2.05) is 55.8 Å². The van der Waals surface area contributed by atoms with Crippen LogP contribution in [0.15, 0.2) is 30.3 Å². The molecule has 1 unspecified atom stereocenters. The molecule has 0 saturated heterocycles. The quantitative estimate of drug-likeness (QED) is 0.796. The van der Waals surface area contributed by atoms with Crippen LogP contribution in [-0.2, 0) is 11.3 Å². The molecule has 0 saturated carbocycles. The van der Waals surface area contributed by atoms with Crippen LogP contribution in [0.4, 0.5) is 0 Å². The number of carbonyl (C=O) groups is 1. The van der Waals surface area contributed by atoms with Crippen LogP contribution < -0.4 is 11.1 Å². The molecule has 3 N–H and O–H groups in total. The van der Waals surface area contributed by atoms with Crippen LogP contribution in [0.1, 0.15) is 35.0 Å². The number of aryl methyl sites for hydroxylation is 4. The summed E-state index contributed by atoms with van der Waals surface area (Å²) < 4.78 is 1.96. The molecule has 1 amide bonds. The zero-order valence-corrected chi connectivity index (χ0v) is 14.7. The second-order valence-electron chi connectivity index (χ2n) is 5.68. The topological polar surface area (TPSA) is 72.9 Å². The molecule has 23 heavy (non-hydrogen) atoms. The standard InChI is InChI=1S/C17H24N4O.ClH/c1-12-5-7-15(8-6-12)16(18)17(22)19-9-4-10-21-14(3)11-13(2)20-21;/h5-8,11,16H,4,9-10,18H2,1-3H3,(H,19,22);1H. The van der Waals surface area contributed by atoms with Gasteiger partial charge in [-0.25, -0.2) is 0 Å². The highest BCUT2D eigenvalue weighted by molar-refractivity contribution is 5.85. The first kappa shape index (κ1) is 19.2. The van der Waals surface area contributed by atoms with Gasteiger partial charge in [0.25, 0.3) is 0 Å². The molecule has 0 aliphatic carbocycles. The lowest BCUT2D eigenvalue weighted by Gasteiger charge is -2.13. The molecule has 1 heterocycles. The maximum atomic E-state index is 12.1. The van der Waals surface area contributed by atoms with Crippen LogP contribution in [0.25, 0.3) is 0 Å². The van der Waals surface area contributed by atoms with Crippen molar-refractivity contribution in [2.75, 3.05) is 6.54 Å². The third-order valence-corrected chi connectivity index (χ3v) is 3.67. The van der Waals surface area contributed by atoms with Gasteiger partial charge in [-0.3, -0.25) is 9.48 Å². The van der Waals surface area contributed by atoms with Gasteiger partial charge >= 0.3 is 0 Å². The van der Waals surface area contributed by atoms with E-state index in [-0.39, 0.29) is 18.3 Å². The molecule has 1 atom stereocenters. The normalized spacial score (nSPS) is 11.7. The molecule has 2 rings (SSSR count). The SMILES string of the molecule is Cc1ccc(C(N)C(=O)NCCCn2nc(C)cc2C)cc1.Cl. The van der Waals surface area contributed by atoms with Crippen LogP contribution in [-0.4, -0.2) is 22.2 Å². The number of nitrogens with two attached hydrogens (primary N) is 1. The van der Waals surface area contributed by atoms with Gasteiger partial charge in [-0.1, -0.05) is 29.8 Å². The van der Waals surface area contributed by atoms with Gasteiger partial charge in [-0.2, -0.15) is 5.10 Å². The van der Waals surface area contributed by atoms with E-state index < -0.39 is 6.04 Å². The molecule has 1 aromatic carbocycles. The van der Waals surface area contributed by atoms with E-state index in [2.05, 4.69) is 10.4 Å². The molecule has 0 aliphatic heterocycles. The van der Waals surface area contributed by atoms with Crippen molar-refractivity contribution in [3.05, 3.63) is 52.8 Å². The van der Waals surface area contributed by atoms with E-state index >= 15 is 0 Å². The van der Waals surface area contributed by atoms with E-state index in [1.54, 1.807) is 0 Å². The van der Waals surface area contributed by atoms with Crippen LogP contribution in [0, 0.1) is 20.8 Å². The highest BCUT2D eigenvalue weighted by Crippen LogP contribution is 2.11. The molecule has 0 fully saturated rings. The number of rotatable bonds is 6. The predicted molar refractivity (Wildman–Crippen MR) is 94.7 cm³/mol. The second-order valence-corrected chi connectivity index (χ2v) is 5.68. The Bertz CT molecular complexity index is 637. The van der Waals surface area contributed by atoms with Crippen LogP contribution in [0.2, 0.25) is 0 Å². The van der Waals surface area contributed by atoms with Gasteiger partial charge in [0.15, 0.2) is 0 Å². The third kappa shape index (κ3) is 5.37. The van der Waals surface area contributed by atoms with Crippen molar-refractivity contribution in [2.24, 2.45) is 5.73 Å². The molecule has 0 spiro atoms. The van der Waals surface area contributed by atoms with E-state index in [0.717, 1.165) is 35.5 Å². The first-order valence-corrected chi connectivity index (χ1v) is 7.58. The van der Waals surface area contributed by atoms with E-state index in [9.17, 15) is 4.79 Å². The molecular weight excluding hydrogens is 312 g/mol. The smallest absolute Gasteiger partial charge is 0.241 e. The van der Waals surface area contributed by atoms with Crippen molar-refractivity contribution in [3.8, 4) is 0 Å². The molecule has 0 aliphatic rings. The lowest BCUT2D eigenvalue weighted by molar-refractivity contribution is -0.122. The Balaban J connectivity index is 0.00000264. The fourth-order valence-corrected chi connectivity index (χ4v) is 2.38. The second kappa shape index (κ2) is 8.70. The van der Waals surface area contributed by atoms with Crippen molar-refractivity contribution < 1.29 is 4.79 Å². The molecule has 1 aromatic heterocycles. The lowest BCUT2D eigenvalue weighted by atomic mass is 10.1. The summed E-state index contributed by atoms with van der Waals surface area (Å²) in [7, 11) is 0. The summed E-state index contributed by atoms with van der Waals surface area (Å²) in [6.45, 7) is 7.41. The summed E-state index contributed by atoms with van der Waals surface area (Å²) in [6, 6.07) is 9.15. The Hall–Kier alpha value is -1.85. The monoisotopic (exact) mass is 336 g/mol. The predicted octanol–water partition coefficient (Wildman–Crippen LogP) is 2.44. The van der Waals surface area contributed by atoms with E-state index in [1.165, 1.54) is 0 Å². The average molecular weight is 337 g/mol. The number of nitrogens with zero attached hydrogens (tertiary/aromatic N) is 2. The van der Waals surface area contributed by atoms with Gasteiger partial charge in [0, 0.05) is 18.8 Å². The summed E-state index contributed by atoms with van der Waals surface area (Å²) >= 11 is 0. The number of hydrogen-bond acceptors (Lipinski definition) is 3. The number of aromatic nitrogens is 2. The third-order valence-electron chi connectivity index (χ3n) is 3.67. The minimum atomic E-state index is -0.616. The molecule has 0 radical (unpaired) electrons.